The van der Waals surface area contributed by atoms with Gasteiger partial charge in [-0.3, -0.25) is 14.5 Å². The third-order valence-electron chi connectivity index (χ3n) is 4.69. The molecule has 7 nitrogen and oxygen atoms in total. The summed E-state index contributed by atoms with van der Waals surface area (Å²) in [6, 6.07) is 13.7. The Morgan fingerprint density at radius 3 is 2.86 bits per heavy atom. The largest absolute Gasteiger partial charge is 0.486 e. The lowest BCUT2D eigenvalue weighted by Crippen LogP contribution is -2.24. The average Bonchev–Trinajstić information content (AvgIpc) is 3.11. The van der Waals surface area contributed by atoms with Crippen molar-refractivity contribution in [3.05, 3.63) is 58.4 Å². The summed E-state index contributed by atoms with van der Waals surface area (Å²) in [5, 5.41) is 10.1. The molecule has 0 saturated carbocycles. The van der Waals surface area contributed by atoms with Crippen LogP contribution < -0.4 is 14.8 Å². The first-order chi connectivity index (χ1) is 14.1. The number of hydrogen-bond acceptors (Lipinski definition) is 5. The van der Waals surface area contributed by atoms with Gasteiger partial charge in [0.15, 0.2) is 22.1 Å². The van der Waals surface area contributed by atoms with Gasteiger partial charge >= 0.3 is 0 Å². The number of aromatic amines is 1. The van der Waals surface area contributed by atoms with E-state index in [1.807, 2.05) is 54.0 Å². The monoisotopic (exact) mass is 410 g/mol. The second-order valence-corrected chi connectivity index (χ2v) is 7.26. The van der Waals surface area contributed by atoms with Crippen molar-refractivity contribution in [3.8, 4) is 22.9 Å². The molecule has 3 aromatic rings. The number of rotatable bonds is 6. The maximum absolute atomic E-state index is 12.4. The number of nitrogens with zero attached hydrogens (tertiary/aromatic N) is 2. The summed E-state index contributed by atoms with van der Waals surface area (Å²) in [6.07, 6.45) is 0.303. The summed E-state index contributed by atoms with van der Waals surface area (Å²) in [6.45, 7) is 4.00. The highest BCUT2D eigenvalue weighted by Crippen LogP contribution is 2.30. The number of benzene rings is 2. The minimum Gasteiger partial charge on any atom is -0.486 e. The highest BCUT2D eigenvalue weighted by Gasteiger charge is 2.13. The van der Waals surface area contributed by atoms with Gasteiger partial charge in [0.1, 0.15) is 13.2 Å². The lowest BCUT2D eigenvalue weighted by molar-refractivity contribution is -0.121. The standard InChI is InChI=1S/C21H22N4O3S/c1-14-3-2-4-16(11-14)20-23-24-21(29)25(20)8-7-19(26)22-13-15-5-6-17-18(12-15)28-10-9-27-17/h2-6,11-12H,7-10,13H2,1H3,(H,22,26)(H,24,29). The molecule has 0 aliphatic carbocycles. The number of carbonyl (C=O) groups excluding carboxylic acids is 1. The number of aryl methyl sites for hydroxylation is 1. The van der Waals surface area contributed by atoms with Gasteiger partial charge in [0.25, 0.3) is 0 Å². The van der Waals surface area contributed by atoms with E-state index in [0.717, 1.165) is 34.0 Å². The number of hydrogen-bond donors (Lipinski definition) is 2. The van der Waals surface area contributed by atoms with Crippen LogP contribution in [0.4, 0.5) is 0 Å². The molecule has 2 heterocycles. The van der Waals surface area contributed by atoms with Crippen LogP contribution in [0.1, 0.15) is 17.5 Å². The minimum atomic E-state index is -0.0572. The third-order valence-corrected chi connectivity index (χ3v) is 5.00. The first-order valence-corrected chi connectivity index (χ1v) is 9.88. The molecule has 1 amide bonds. The molecule has 0 saturated heterocycles. The van der Waals surface area contributed by atoms with Crippen LogP contribution in [0, 0.1) is 11.7 Å². The quantitative estimate of drug-likeness (QED) is 0.609. The smallest absolute Gasteiger partial charge is 0.222 e. The number of ether oxygens (including phenoxy) is 2. The molecule has 0 atom stereocenters. The molecule has 2 N–H and O–H groups in total. The van der Waals surface area contributed by atoms with Crippen LogP contribution in [0.25, 0.3) is 11.4 Å². The summed E-state index contributed by atoms with van der Waals surface area (Å²) in [4.78, 5) is 12.4. The van der Waals surface area contributed by atoms with Gasteiger partial charge in [0.05, 0.1) is 0 Å². The first kappa shape index (κ1) is 19.2. The molecule has 0 spiro atoms. The van der Waals surface area contributed by atoms with E-state index >= 15 is 0 Å². The van der Waals surface area contributed by atoms with E-state index in [1.54, 1.807) is 0 Å². The number of H-pyrrole nitrogens is 1. The van der Waals surface area contributed by atoms with Crippen LogP contribution in [-0.4, -0.2) is 33.9 Å². The Bertz CT molecular complexity index is 1090. The molecule has 1 aliphatic rings. The van der Waals surface area contributed by atoms with E-state index in [-0.39, 0.29) is 5.91 Å². The zero-order chi connectivity index (χ0) is 20.2. The Morgan fingerprint density at radius 2 is 2.03 bits per heavy atom. The summed E-state index contributed by atoms with van der Waals surface area (Å²) < 4.78 is 13.5. The Kier molecular flexibility index (Phi) is 5.62. The Hall–Kier alpha value is -3.13. The van der Waals surface area contributed by atoms with Crippen molar-refractivity contribution >= 4 is 18.1 Å². The fourth-order valence-electron chi connectivity index (χ4n) is 3.23. The van der Waals surface area contributed by atoms with E-state index in [0.29, 0.717) is 37.5 Å². The second-order valence-electron chi connectivity index (χ2n) is 6.88. The van der Waals surface area contributed by atoms with Crippen molar-refractivity contribution in [3.63, 3.8) is 0 Å². The van der Waals surface area contributed by atoms with Gasteiger partial charge in [-0.15, -0.1) is 0 Å². The van der Waals surface area contributed by atoms with Gasteiger partial charge < -0.3 is 14.8 Å². The molecule has 1 aliphatic heterocycles. The van der Waals surface area contributed by atoms with Crippen LogP contribution >= 0.6 is 12.2 Å². The second kappa shape index (κ2) is 8.48. The number of nitrogens with one attached hydrogen (secondary N) is 2. The molecular formula is C21H22N4O3S. The molecule has 1 aromatic heterocycles. The van der Waals surface area contributed by atoms with Gasteiger partial charge in [-0.25, -0.2) is 0 Å². The van der Waals surface area contributed by atoms with Crippen LogP contribution in [0.3, 0.4) is 0 Å². The van der Waals surface area contributed by atoms with Crippen LogP contribution in [0.2, 0.25) is 0 Å². The van der Waals surface area contributed by atoms with Crippen molar-refractivity contribution in [2.45, 2.75) is 26.4 Å². The van der Waals surface area contributed by atoms with Gasteiger partial charge in [-0.05, 0) is 42.9 Å². The van der Waals surface area contributed by atoms with Gasteiger partial charge in [0.2, 0.25) is 5.91 Å². The molecule has 0 unspecified atom stereocenters. The number of carbonyl (C=O) groups is 1. The number of aromatic nitrogens is 3. The Labute approximate surface area is 173 Å². The topological polar surface area (TPSA) is 81.2 Å². The van der Waals surface area contributed by atoms with Gasteiger partial charge in [-0.2, -0.15) is 5.10 Å². The number of fused-ring (bicyclic) bond motifs is 1. The normalized spacial score (nSPS) is 12.6. The Balaban J connectivity index is 1.37. The number of amides is 1. The van der Waals surface area contributed by atoms with Crippen molar-refractivity contribution < 1.29 is 14.3 Å². The maximum Gasteiger partial charge on any atom is 0.222 e. The van der Waals surface area contributed by atoms with Crippen LogP contribution in [0.15, 0.2) is 42.5 Å². The third kappa shape index (κ3) is 4.48. The first-order valence-electron chi connectivity index (χ1n) is 9.47. The zero-order valence-corrected chi connectivity index (χ0v) is 16.9. The molecule has 0 bridgehead atoms. The lowest BCUT2D eigenvalue weighted by atomic mass is 10.1. The van der Waals surface area contributed by atoms with Crippen molar-refractivity contribution in [1.29, 1.82) is 0 Å². The molecule has 0 fully saturated rings. The van der Waals surface area contributed by atoms with Gasteiger partial charge in [-0.1, -0.05) is 29.8 Å². The highest BCUT2D eigenvalue weighted by atomic mass is 32.1. The molecule has 0 radical (unpaired) electrons. The predicted molar refractivity (Wildman–Crippen MR) is 111 cm³/mol. The molecule has 2 aromatic carbocycles. The van der Waals surface area contributed by atoms with Gasteiger partial charge in [0, 0.05) is 25.1 Å². The summed E-state index contributed by atoms with van der Waals surface area (Å²) in [5.74, 6) is 2.14. The molecule has 29 heavy (non-hydrogen) atoms. The fourth-order valence-corrected chi connectivity index (χ4v) is 3.45. The minimum absolute atomic E-state index is 0.0572. The maximum atomic E-state index is 12.4. The highest BCUT2D eigenvalue weighted by molar-refractivity contribution is 7.71. The molecule has 4 rings (SSSR count). The van der Waals surface area contributed by atoms with Crippen molar-refractivity contribution in [2.24, 2.45) is 0 Å². The molecule has 8 heteroatoms. The van der Waals surface area contributed by atoms with Crippen LogP contribution in [-0.2, 0) is 17.9 Å². The van der Waals surface area contributed by atoms with E-state index in [1.165, 1.54) is 0 Å². The SMILES string of the molecule is Cc1cccc(-c2n[nH]c(=S)n2CCC(=O)NCc2ccc3c(c2)OCCO3)c1. The average molecular weight is 410 g/mol. The Morgan fingerprint density at radius 1 is 1.21 bits per heavy atom. The van der Waals surface area contributed by atoms with E-state index in [4.69, 9.17) is 21.7 Å². The molecular weight excluding hydrogens is 388 g/mol. The fraction of sp³-hybridized carbons (Fsp3) is 0.286. The summed E-state index contributed by atoms with van der Waals surface area (Å²) in [5.41, 5.74) is 3.07. The lowest BCUT2D eigenvalue weighted by Gasteiger charge is -2.19. The summed E-state index contributed by atoms with van der Waals surface area (Å²) in [7, 11) is 0. The molecule has 150 valence electrons. The van der Waals surface area contributed by atoms with Crippen molar-refractivity contribution in [2.75, 3.05) is 13.2 Å². The summed E-state index contributed by atoms with van der Waals surface area (Å²) >= 11 is 5.34. The van der Waals surface area contributed by atoms with E-state index < -0.39 is 0 Å². The van der Waals surface area contributed by atoms with Crippen molar-refractivity contribution in [1.82, 2.24) is 20.1 Å². The predicted octanol–water partition coefficient (Wildman–Crippen LogP) is 3.39. The zero-order valence-electron chi connectivity index (χ0n) is 16.1. The van der Waals surface area contributed by atoms with Crippen LogP contribution in [0.5, 0.6) is 11.5 Å². The van der Waals surface area contributed by atoms with E-state index in [2.05, 4.69) is 15.5 Å². The van der Waals surface area contributed by atoms with E-state index in [9.17, 15) is 4.79 Å².